The molecule has 0 bridgehead atoms. The van der Waals surface area contributed by atoms with Gasteiger partial charge in [0.2, 0.25) is 5.95 Å². The lowest BCUT2D eigenvalue weighted by Crippen LogP contribution is -2.38. The monoisotopic (exact) mass is 373 g/mol. The number of rotatable bonds is 3. The second-order valence-corrected chi connectivity index (χ2v) is 11.1. The van der Waals surface area contributed by atoms with Crippen LogP contribution in [-0.2, 0) is 17.4 Å². The molecule has 2 aromatic heterocycles. The molecule has 3 heterocycles. The Morgan fingerprint density at radius 1 is 1.27 bits per heavy atom. The van der Waals surface area contributed by atoms with Gasteiger partial charge in [-0.15, -0.1) is 0 Å². The van der Waals surface area contributed by atoms with E-state index in [9.17, 15) is 4.57 Å². The third-order valence-corrected chi connectivity index (χ3v) is 6.97. The molecule has 1 aliphatic carbocycles. The summed E-state index contributed by atoms with van der Waals surface area (Å²) in [6.07, 6.45) is 7.28. The van der Waals surface area contributed by atoms with Crippen LogP contribution < -0.4 is 16.1 Å². The van der Waals surface area contributed by atoms with E-state index in [1.165, 1.54) is 17.7 Å². The van der Waals surface area contributed by atoms with Gasteiger partial charge in [-0.1, -0.05) is 0 Å². The van der Waals surface area contributed by atoms with Crippen molar-refractivity contribution in [3.05, 3.63) is 23.0 Å². The number of anilines is 1. The van der Waals surface area contributed by atoms with E-state index < -0.39 is 7.14 Å². The fourth-order valence-corrected chi connectivity index (χ4v) is 5.50. The molecular formula is C19H28N5OP. The number of nitrogens with zero attached hydrogens (tertiary/aromatic N) is 2. The maximum Gasteiger partial charge on any atom is 0.223 e. The average Bonchev–Trinajstić information content (AvgIpc) is 2.82. The zero-order chi connectivity index (χ0) is 18.3. The molecule has 1 saturated heterocycles. The molecule has 1 aliphatic heterocycles. The number of aromatic nitrogens is 3. The van der Waals surface area contributed by atoms with Gasteiger partial charge in [0.05, 0.1) is 11.1 Å². The van der Waals surface area contributed by atoms with Crippen molar-refractivity contribution in [3.8, 4) is 11.3 Å². The van der Waals surface area contributed by atoms with Crippen LogP contribution in [0.25, 0.3) is 11.3 Å². The molecule has 0 unspecified atom stereocenters. The summed E-state index contributed by atoms with van der Waals surface area (Å²) in [7, 11) is -2.35. The molecule has 2 aliphatic rings. The predicted molar refractivity (Wildman–Crippen MR) is 107 cm³/mol. The van der Waals surface area contributed by atoms with Crippen LogP contribution in [0.15, 0.2) is 6.20 Å². The predicted octanol–water partition coefficient (Wildman–Crippen LogP) is 2.68. The number of hydrogen-bond donors (Lipinski definition) is 3. The number of H-pyrrole nitrogens is 1. The first-order valence-corrected chi connectivity index (χ1v) is 12.1. The third-order valence-electron chi connectivity index (χ3n) is 5.44. The highest BCUT2D eigenvalue weighted by atomic mass is 31.2. The number of aromatic amines is 1. The second kappa shape index (κ2) is 6.82. The number of nitrogens with one attached hydrogen (secondary N) is 3. The molecule has 2 aromatic rings. The molecule has 4 rings (SSSR count). The van der Waals surface area contributed by atoms with Crippen LogP contribution in [0.5, 0.6) is 0 Å². The summed E-state index contributed by atoms with van der Waals surface area (Å²) >= 11 is 0. The van der Waals surface area contributed by atoms with E-state index in [0.29, 0.717) is 12.0 Å². The molecule has 3 N–H and O–H groups in total. The Hall–Kier alpha value is -1.65. The van der Waals surface area contributed by atoms with E-state index in [1.54, 1.807) is 0 Å². The van der Waals surface area contributed by atoms with Gasteiger partial charge in [-0.3, -0.25) is 0 Å². The Morgan fingerprint density at radius 2 is 2.12 bits per heavy atom. The molecule has 0 aromatic carbocycles. The number of fused-ring (bicyclic) bond motifs is 3. The fourth-order valence-electron chi connectivity index (χ4n) is 4.18. The molecular weight excluding hydrogens is 345 g/mol. The van der Waals surface area contributed by atoms with E-state index in [1.807, 2.05) is 19.5 Å². The molecule has 1 atom stereocenters. The number of piperidine rings is 1. The van der Waals surface area contributed by atoms with Gasteiger partial charge in [0.25, 0.3) is 0 Å². The lowest BCUT2D eigenvalue weighted by Gasteiger charge is -2.24. The van der Waals surface area contributed by atoms with Crippen LogP contribution in [0.2, 0.25) is 0 Å². The van der Waals surface area contributed by atoms with Gasteiger partial charge in [0, 0.05) is 30.0 Å². The molecule has 0 saturated carbocycles. The van der Waals surface area contributed by atoms with Gasteiger partial charge in [-0.2, -0.15) is 0 Å². The quantitative estimate of drug-likeness (QED) is 0.721. The van der Waals surface area contributed by atoms with Gasteiger partial charge in [-0.25, -0.2) is 9.97 Å². The van der Waals surface area contributed by atoms with Gasteiger partial charge >= 0.3 is 0 Å². The smallest absolute Gasteiger partial charge is 0.223 e. The zero-order valence-electron chi connectivity index (χ0n) is 15.9. The van der Waals surface area contributed by atoms with Crippen LogP contribution in [0, 0.1) is 6.92 Å². The van der Waals surface area contributed by atoms with Gasteiger partial charge < -0.3 is 20.2 Å². The Labute approximate surface area is 155 Å². The Kier molecular flexibility index (Phi) is 4.66. The van der Waals surface area contributed by atoms with Crippen molar-refractivity contribution in [2.45, 2.75) is 45.1 Å². The van der Waals surface area contributed by atoms with Crippen molar-refractivity contribution in [1.29, 1.82) is 0 Å². The van der Waals surface area contributed by atoms with Crippen LogP contribution in [0.3, 0.4) is 0 Å². The highest BCUT2D eigenvalue weighted by molar-refractivity contribution is 7.70. The first-order chi connectivity index (χ1) is 12.4. The molecule has 0 radical (unpaired) electrons. The summed E-state index contributed by atoms with van der Waals surface area (Å²) in [5.74, 6) is 0.698. The molecule has 0 amide bonds. The number of hydrogen-bond acceptors (Lipinski definition) is 5. The highest BCUT2D eigenvalue weighted by Crippen LogP contribution is 2.41. The summed E-state index contributed by atoms with van der Waals surface area (Å²) in [5, 5.41) is 6.91. The normalized spacial score (nSPS) is 20.2. The van der Waals surface area contributed by atoms with Crippen molar-refractivity contribution in [2.75, 3.05) is 31.7 Å². The summed E-state index contributed by atoms with van der Waals surface area (Å²) in [4.78, 5) is 12.9. The van der Waals surface area contributed by atoms with Crippen molar-refractivity contribution in [2.24, 2.45) is 0 Å². The Bertz CT molecular complexity index is 863. The molecule has 7 heteroatoms. The number of aryl methyl sites for hydroxylation is 2. The minimum absolute atomic E-state index is 0.376. The lowest BCUT2D eigenvalue weighted by molar-refractivity contribution is 0.478. The van der Waals surface area contributed by atoms with Crippen molar-refractivity contribution >= 4 is 18.5 Å². The topological polar surface area (TPSA) is 82.7 Å². The molecule has 140 valence electrons. The van der Waals surface area contributed by atoms with E-state index in [2.05, 4.69) is 27.5 Å². The molecule has 1 fully saturated rings. The summed E-state index contributed by atoms with van der Waals surface area (Å²) in [5.41, 5.74) is 6.48. The van der Waals surface area contributed by atoms with Gasteiger partial charge in [0.15, 0.2) is 0 Å². The lowest BCUT2D eigenvalue weighted by atomic mass is 10.0. The zero-order valence-corrected chi connectivity index (χ0v) is 16.7. The van der Waals surface area contributed by atoms with Crippen molar-refractivity contribution in [3.63, 3.8) is 0 Å². The van der Waals surface area contributed by atoms with E-state index in [-0.39, 0.29) is 0 Å². The minimum Gasteiger partial charge on any atom is -0.355 e. The Morgan fingerprint density at radius 3 is 2.85 bits per heavy atom. The summed E-state index contributed by atoms with van der Waals surface area (Å²) in [6.45, 7) is 7.77. The average molecular weight is 373 g/mol. The maximum absolute atomic E-state index is 12.7. The Balaban J connectivity index is 1.75. The van der Waals surface area contributed by atoms with E-state index >= 15 is 0 Å². The van der Waals surface area contributed by atoms with Crippen LogP contribution >= 0.6 is 7.14 Å². The first kappa shape index (κ1) is 17.7. The van der Waals surface area contributed by atoms with E-state index in [0.717, 1.165) is 61.0 Å². The maximum atomic E-state index is 12.7. The standard InChI is InChI=1S/C19H28N5OP/c1-12-16-15(23-18(12)26(2,3)25)8-4-6-13-10-21-19(24-17(13)16)22-14-7-5-9-20-11-14/h10,14,20,23H,4-9,11H2,1-3H3,(H,21,22,24)/t14-/m0/s1. The molecule has 6 nitrogen and oxygen atoms in total. The largest absolute Gasteiger partial charge is 0.355 e. The van der Waals surface area contributed by atoms with Crippen molar-refractivity contribution < 1.29 is 4.57 Å². The first-order valence-electron chi connectivity index (χ1n) is 9.54. The summed E-state index contributed by atoms with van der Waals surface area (Å²) < 4.78 is 12.7. The molecule has 26 heavy (non-hydrogen) atoms. The molecule has 0 spiro atoms. The van der Waals surface area contributed by atoms with Crippen LogP contribution in [0.4, 0.5) is 5.95 Å². The van der Waals surface area contributed by atoms with Gasteiger partial charge in [-0.05, 0) is 70.0 Å². The van der Waals surface area contributed by atoms with Gasteiger partial charge in [0.1, 0.15) is 7.14 Å². The minimum atomic E-state index is -2.35. The third kappa shape index (κ3) is 3.33. The SMILES string of the molecule is Cc1c(P(C)(C)=O)[nH]c2c1-c1nc(N[C@H]3CCCNC3)ncc1CCC2. The van der Waals surface area contributed by atoms with Crippen LogP contribution in [-0.4, -0.2) is 47.4 Å². The second-order valence-electron chi connectivity index (χ2n) is 7.91. The fraction of sp³-hybridized carbons (Fsp3) is 0.579. The summed E-state index contributed by atoms with van der Waals surface area (Å²) in [6, 6.07) is 0.376. The van der Waals surface area contributed by atoms with Crippen LogP contribution in [0.1, 0.15) is 36.1 Å². The highest BCUT2D eigenvalue weighted by Gasteiger charge is 2.27. The van der Waals surface area contributed by atoms with E-state index in [4.69, 9.17) is 4.98 Å². The van der Waals surface area contributed by atoms with Crippen molar-refractivity contribution in [1.82, 2.24) is 20.3 Å².